The van der Waals surface area contributed by atoms with Crippen molar-refractivity contribution in [2.75, 3.05) is 26.2 Å². The van der Waals surface area contributed by atoms with Crippen LogP contribution in [0.25, 0.3) is 0 Å². The summed E-state index contributed by atoms with van der Waals surface area (Å²) in [5.41, 5.74) is 0.609. The molecule has 4 nitrogen and oxygen atoms in total. The summed E-state index contributed by atoms with van der Waals surface area (Å²) in [6.07, 6.45) is 6.03. The van der Waals surface area contributed by atoms with Crippen LogP contribution in [0, 0.1) is 5.41 Å². The average molecular weight is 254 g/mol. The monoisotopic (exact) mass is 254 g/mol. The molecule has 2 aliphatic rings. The van der Waals surface area contributed by atoms with E-state index in [1.165, 1.54) is 19.3 Å². The molecular formula is C14H26N2O2. The zero-order valence-corrected chi connectivity index (χ0v) is 11.7. The van der Waals surface area contributed by atoms with Crippen molar-refractivity contribution in [3.8, 4) is 0 Å². The van der Waals surface area contributed by atoms with E-state index in [1.807, 2.05) is 11.8 Å². The van der Waals surface area contributed by atoms with E-state index >= 15 is 0 Å². The van der Waals surface area contributed by atoms with Gasteiger partial charge in [0.2, 0.25) is 0 Å². The van der Waals surface area contributed by atoms with Crippen molar-refractivity contribution in [1.82, 2.24) is 10.2 Å². The van der Waals surface area contributed by atoms with E-state index in [1.54, 1.807) is 0 Å². The molecule has 0 radical (unpaired) electrons. The maximum atomic E-state index is 11.6. The van der Waals surface area contributed by atoms with Crippen molar-refractivity contribution >= 4 is 6.09 Å². The minimum atomic E-state index is -0.150. The topological polar surface area (TPSA) is 41.6 Å². The van der Waals surface area contributed by atoms with Gasteiger partial charge in [-0.15, -0.1) is 0 Å². The molecule has 0 aromatic carbocycles. The molecule has 104 valence electrons. The number of piperidine rings is 1. The highest BCUT2D eigenvalue weighted by molar-refractivity contribution is 5.67. The van der Waals surface area contributed by atoms with Gasteiger partial charge in [-0.25, -0.2) is 4.79 Å². The molecule has 2 fully saturated rings. The lowest BCUT2D eigenvalue weighted by Crippen LogP contribution is -2.46. The van der Waals surface area contributed by atoms with Crippen LogP contribution < -0.4 is 5.32 Å². The Labute approximate surface area is 110 Å². The quantitative estimate of drug-likeness (QED) is 0.819. The van der Waals surface area contributed by atoms with Gasteiger partial charge in [0.15, 0.2) is 0 Å². The molecule has 0 atom stereocenters. The van der Waals surface area contributed by atoms with Crippen LogP contribution in [0.2, 0.25) is 0 Å². The van der Waals surface area contributed by atoms with Crippen molar-refractivity contribution in [2.45, 2.75) is 52.0 Å². The normalized spacial score (nSPS) is 22.9. The second-order valence-electron chi connectivity index (χ2n) is 5.69. The highest BCUT2D eigenvalue weighted by atomic mass is 16.6. The Morgan fingerprint density at radius 1 is 1.33 bits per heavy atom. The third-order valence-electron chi connectivity index (χ3n) is 4.49. The van der Waals surface area contributed by atoms with Crippen LogP contribution in [-0.4, -0.2) is 43.3 Å². The van der Waals surface area contributed by atoms with E-state index in [0.29, 0.717) is 18.1 Å². The van der Waals surface area contributed by atoms with Crippen LogP contribution in [-0.2, 0) is 4.74 Å². The zero-order valence-electron chi connectivity index (χ0n) is 11.7. The van der Waals surface area contributed by atoms with Crippen LogP contribution >= 0.6 is 0 Å². The number of carbonyl (C=O) groups is 1. The fourth-order valence-corrected chi connectivity index (χ4v) is 2.67. The molecule has 1 N–H and O–H groups in total. The molecule has 0 aromatic rings. The van der Waals surface area contributed by atoms with Crippen LogP contribution in [0.15, 0.2) is 0 Å². The number of nitrogens with one attached hydrogen (secondary N) is 1. The van der Waals surface area contributed by atoms with Gasteiger partial charge >= 0.3 is 6.09 Å². The number of carbonyl (C=O) groups excluding carboxylic acids is 1. The number of likely N-dealkylation sites (tertiary alicyclic amines) is 1. The average Bonchev–Trinajstić information content (AvgIpc) is 3.18. The zero-order chi connectivity index (χ0) is 13.0. The molecule has 0 aromatic heterocycles. The number of nitrogens with zero attached hydrogens (tertiary/aromatic N) is 1. The molecule has 0 unspecified atom stereocenters. The molecule has 1 saturated carbocycles. The fourth-order valence-electron chi connectivity index (χ4n) is 2.67. The van der Waals surface area contributed by atoms with Gasteiger partial charge < -0.3 is 15.0 Å². The van der Waals surface area contributed by atoms with Gasteiger partial charge in [0.05, 0.1) is 6.61 Å². The smallest absolute Gasteiger partial charge is 0.409 e. The molecule has 1 aliphatic heterocycles. The molecule has 1 aliphatic carbocycles. The van der Waals surface area contributed by atoms with Crippen molar-refractivity contribution in [3.63, 3.8) is 0 Å². The van der Waals surface area contributed by atoms with E-state index < -0.39 is 0 Å². The SMILES string of the molecule is CCOC(=O)N1CCC(NCC2(CC)CC2)CC1. The Hall–Kier alpha value is -0.770. The van der Waals surface area contributed by atoms with E-state index in [0.717, 1.165) is 32.5 Å². The van der Waals surface area contributed by atoms with Crippen molar-refractivity contribution in [1.29, 1.82) is 0 Å². The second-order valence-corrected chi connectivity index (χ2v) is 5.69. The molecule has 1 heterocycles. The summed E-state index contributed by atoms with van der Waals surface area (Å²) in [4.78, 5) is 13.4. The number of hydrogen-bond donors (Lipinski definition) is 1. The molecule has 2 rings (SSSR count). The minimum Gasteiger partial charge on any atom is -0.450 e. The summed E-state index contributed by atoms with van der Waals surface area (Å²) < 4.78 is 5.02. The van der Waals surface area contributed by atoms with Crippen molar-refractivity contribution in [2.24, 2.45) is 5.41 Å². The maximum Gasteiger partial charge on any atom is 0.409 e. The van der Waals surface area contributed by atoms with Gasteiger partial charge in [-0.1, -0.05) is 6.92 Å². The summed E-state index contributed by atoms with van der Waals surface area (Å²) in [5, 5.41) is 3.69. The Bertz CT molecular complexity index is 282. The minimum absolute atomic E-state index is 0.150. The van der Waals surface area contributed by atoms with Crippen LogP contribution in [0.1, 0.15) is 46.0 Å². The van der Waals surface area contributed by atoms with Crippen molar-refractivity contribution < 1.29 is 9.53 Å². The highest BCUT2D eigenvalue weighted by Gasteiger charge is 2.40. The Kier molecular flexibility index (Phi) is 4.49. The third kappa shape index (κ3) is 3.37. The number of hydrogen-bond acceptors (Lipinski definition) is 3. The second kappa shape index (κ2) is 5.91. The summed E-state index contributed by atoms with van der Waals surface area (Å²) in [5.74, 6) is 0. The summed E-state index contributed by atoms with van der Waals surface area (Å²) in [6, 6.07) is 0.583. The van der Waals surface area contributed by atoms with E-state index in [-0.39, 0.29) is 6.09 Å². The Balaban J connectivity index is 1.65. The Morgan fingerprint density at radius 3 is 2.50 bits per heavy atom. The predicted octanol–water partition coefficient (Wildman–Crippen LogP) is 2.39. The first kappa shape index (κ1) is 13.7. The number of ether oxygens (including phenoxy) is 1. The van der Waals surface area contributed by atoms with Crippen LogP contribution in [0.4, 0.5) is 4.79 Å². The first-order chi connectivity index (χ1) is 8.69. The summed E-state index contributed by atoms with van der Waals surface area (Å²) in [6.45, 7) is 7.43. The van der Waals surface area contributed by atoms with E-state index in [2.05, 4.69) is 12.2 Å². The van der Waals surface area contributed by atoms with Gasteiger partial charge in [0, 0.05) is 25.7 Å². The van der Waals surface area contributed by atoms with Gasteiger partial charge in [0.25, 0.3) is 0 Å². The third-order valence-corrected chi connectivity index (χ3v) is 4.49. The standard InChI is InChI=1S/C14H26N2O2/c1-3-14(7-8-14)11-15-12-5-9-16(10-6-12)13(17)18-4-2/h12,15H,3-11H2,1-2H3. The van der Waals surface area contributed by atoms with Gasteiger partial charge in [0.1, 0.15) is 0 Å². The molecule has 18 heavy (non-hydrogen) atoms. The van der Waals surface area contributed by atoms with Crippen molar-refractivity contribution in [3.05, 3.63) is 0 Å². The first-order valence-electron chi connectivity index (χ1n) is 7.34. The molecule has 0 bridgehead atoms. The molecule has 1 saturated heterocycles. The van der Waals surface area contributed by atoms with Gasteiger partial charge in [-0.3, -0.25) is 0 Å². The first-order valence-corrected chi connectivity index (χ1v) is 7.34. The lowest BCUT2D eigenvalue weighted by molar-refractivity contribution is 0.0946. The van der Waals surface area contributed by atoms with Crippen LogP contribution in [0.5, 0.6) is 0 Å². The number of amides is 1. The summed E-state index contributed by atoms with van der Waals surface area (Å²) >= 11 is 0. The van der Waals surface area contributed by atoms with Gasteiger partial charge in [-0.05, 0) is 44.4 Å². The molecular weight excluding hydrogens is 228 g/mol. The Morgan fingerprint density at radius 2 is 2.00 bits per heavy atom. The largest absolute Gasteiger partial charge is 0.450 e. The van der Waals surface area contributed by atoms with E-state index in [4.69, 9.17) is 4.74 Å². The molecule has 1 amide bonds. The highest BCUT2D eigenvalue weighted by Crippen LogP contribution is 2.48. The maximum absolute atomic E-state index is 11.6. The summed E-state index contributed by atoms with van der Waals surface area (Å²) in [7, 11) is 0. The molecule has 0 spiro atoms. The van der Waals surface area contributed by atoms with Crippen LogP contribution in [0.3, 0.4) is 0 Å². The lowest BCUT2D eigenvalue weighted by atomic mass is 10.0. The fraction of sp³-hybridized carbons (Fsp3) is 0.929. The predicted molar refractivity (Wildman–Crippen MR) is 71.6 cm³/mol. The lowest BCUT2D eigenvalue weighted by Gasteiger charge is -2.32. The molecule has 4 heteroatoms. The van der Waals surface area contributed by atoms with E-state index in [9.17, 15) is 4.79 Å². The number of rotatable bonds is 5. The van der Waals surface area contributed by atoms with Gasteiger partial charge in [-0.2, -0.15) is 0 Å².